The quantitative estimate of drug-likeness (QED) is 0.0779. The average molecular weight is 670 g/mol. The first-order chi connectivity index (χ1) is 25.0. The molecule has 0 saturated heterocycles. The topological polar surface area (TPSA) is 111 Å². The first-order valence-electron chi connectivity index (χ1n) is 15.2. The van der Waals surface area contributed by atoms with Crippen LogP contribution in [0.1, 0.15) is 35.3 Å². The number of rotatable bonds is 14. The molecule has 0 radical (unpaired) electrons. The van der Waals surface area contributed by atoms with E-state index in [0.717, 1.165) is 36.9 Å². The molecule has 2 rings (SSSR count). The summed E-state index contributed by atoms with van der Waals surface area (Å²) in [5.74, 6) is 39.7. The van der Waals surface area contributed by atoms with E-state index in [-0.39, 0.29) is 25.0 Å². The molecule has 0 spiro atoms. The molecule has 9 heteroatoms. The van der Waals surface area contributed by atoms with Crippen molar-refractivity contribution in [3.63, 3.8) is 0 Å². The van der Waals surface area contributed by atoms with Crippen molar-refractivity contribution >= 4 is 18.0 Å². The number of likely N-dealkylation sites (N-methyl/N-ethyl adjacent to an activating group) is 1. The van der Waals surface area contributed by atoms with Gasteiger partial charge in [0.1, 0.15) is 6.61 Å². The maximum atomic E-state index is 13.4. The molecule has 2 N–H and O–H groups in total. The Labute approximate surface area is 300 Å². The van der Waals surface area contributed by atoms with Crippen LogP contribution in [0, 0.1) is 113 Å². The molecule has 0 atom stereocenters. The van der Waals surface area contributed by atoms with Gasteiger partial charge in [0, 0.05) is 72.1 Å². The number of carbonyl (C=O) groups is 1. The molecule has 0 saturated carbocycles. The summed E-state index contributed by atoms with van der Waals surface area (Å²) in [5, 5.41) is 24.5. The fourth-order valence-corrected chi connectivity index (χ4v) is 3.54. The van der Waals surface area contributed by atoms with Crippen molar-refractivity contribution in [2.24, 2.45) is 10.2 Å². The highest BCUT2D eigenvalue weighted by atomic mass is 16.5. The Bertz CT molecular complexity index is 2130. The molecular formula is C42H31N5O4. The molecule has 0 heterocycles. The number of nitrogens with one attached hydrogen (secondary N) is 1. The van der Waals surface area contributed by atoms with Crippen LogP contribution in [0.15, 0.2) is 70.9 Å². The van der Waals surface area contributed by atoms with Gasteiger partial charge in [-0.15, -0.1) is 16.7 Å². The lowest BCUT2D eigenvalue weighted by atomic mass is 10.1. The van der Waals surface area contributed by atoms with Gasteiger partial charge in [-0.3, -0.25) is 15.1 Å². The van der Waals surface area contributed by atoms with Gasteiger partial charge in [0.05, 0.1) is 12.3 Å². The van der Waals surface area contributed by atoms with E-state index in [4.69, 9.17) is 21.3 Å². The van der Waals surface area contributed by atoms with Crippen LogP contribution in [0.3, 0.4) is 0 Å². The number of aliphatic hydroxyl groups is 1. The lowest BCUT2D eigenvalue weighted by molar-refractivity contribution is 0.0822. The number of amides is 1. The van der Waals surface area contributed by atoms with Crippen LogP contribution in [0.2, 0.25) is 0 Å². The lowest BCUT2D eigenvalue weighted by Gasteiger charge is -2.22. The second-order valence-electron chi connectivity index (χ2n) is 9.33. The van der Waals surface area contributed by atoms with Gasteiger partial charge in [0.2, 0.25) is 0 Å². The highest BCUT2D eigenvalue weighted by Crippen LogP contribution is 2.17. The van der Waals surface area contributed by atoms with Crippen molar-refractivity contribution in [3.05, 3.63) is 77.4 Å². The molecular weight excluding hydrogens is 638 g/mol. The monoisotopic (exact) mass is 669 g/mol. The van der Waals surface area contributed by atoms with Crippen LogP contribution < -0.4 is 0 Å². The number of hydrogen-bond donors (Lipinski definition) is 2. The molecule has 248 valence electrons. The minimum Gasteiger partial charge on any atom is -0.470 e. The standard InChI is InChI=1S/C42H31N5O4/c1-4-7-8-9-10-11-12-13-14-15-16-17-18-19-20-21-30-47(32-31-46(5-2)6-3)42(49)39-26-22-38(23-27-39)34-51-41(35-50-36-43)45-44-40-28-24-37(33-48)25-29-40/h1,22-29,35-36,43,48H,5-6,31-34H2,2-3H3/b41-35+,43-36?,45-44?. The van der Waals surface area contributed by atoms with Crippen molar-refractivity contribution < 1.29 is 19.4 Å². The summed E-state index contributed by atoms with van der Waals surface area (Å²) in [4.78, 5) is 17.0. The van der Waals surface area contributed by atoms with Crippen molar-refractivity contribution in [3.8, 4) is 107 Å². The number of carbonyl (C=O) groups excluding carboxylic acids is 1. The van der Waals surface area contributed by atoms with Gasteiger partial charge in [-0.25, -0.2) is 0 Å². The summed E-state index contributed by atoms with van der Waals surface area (Å²) in [6.07, 6.45) is 6.86. The molecule has 2 aromatic rings. The SMILES string of the molecule is C#CC#CC#CC#CC#CC#CC#CC#CC#CN(CCN(CC)CC)C(=O)c1ccc(CO/C(=C/OC=N)N=Nc2ccc(CO)cc2)cc1. The molecule has 0 aromatic heterocycles. The van der Waals surface area contributed by atoms with E-state index < -0.39 is 0 Å². The van der Waals surface area contributed by atoms with E-state index in [2.05, 4.69) is 130 Å². The highest BCUT2D eigenvalue weighted by Gasteiger charge is 2.15. The maximum absolute atomic E-state index is 13.4. The lowest BCUT2D eigenvalue weighted by Crippen LogP contribution is -2.36. The van der Waals surface area contributed by atoms with Crippen LogP contribution in [0.5, 0.6) is 0 Å². The Morgan fingerprint density at radius 2 is 1.31 bits per heavy atom. The molecule has 0 aliphatic carbocycles. The summed E-state index contributed by atoms with van der Waals surface area (Å²) in [7, 11) is 0. The second kappa shape index (κ2) is 25.6. The van der Waals surface area contributed by atoms with E-state index in [1.54, 1.807) is 48.5 Å². The predicted octanol–water partition coefficient (Wildman–Crippen LogP) is 4.30. The highest BCUT2D eigenvalue weighted by molar-refractivity contribution is 5.95. The van der Waals surface area contributed by atoms with E-state index >= 15 is 0 Å². The van der Waals surface area contributed by atoms with Crippen LogP contribution in [-0.2, 0) is 22.7 Å². The number of azo groups is 1. The molecule has 51 heavy (non-hydrogen) atoms. The predicted molar refractivity (Wildman–Crippen MR) is 196 cm³/mol. The fourth-order valence-electron chi connectivity index (χ4n) is 3.54. The molecule has 0 aliphatic heterocycles. The molecule has 9 nitrogen and oxygen atoms in total. The minimum atomic E-state index is -0.282. The van der Waals surface area contributed by atoms with Gasteiger partial charge in [-0.2, -0.15) is 0 Å². The van der Waals surface area contributed by atoms with Crippen molar-refractivity contribution in [2.45, 2.75) is 27.1 Å². The van der Waals surface area contributed by atoms with Gasteiger partial charge < -0.3 is 19.5 Å². The average Bonchev–Trinajstić information content (AvgIpc) is 3.17. The molecule has 0 bridgehead atoms. The van der Waals surface area contributed by atoms with Crippen LogP contribution in [0.25, 0.3) is 0 Å². The van der Waals surface area contributed by atoms with Crippen LogP contribution in [-0.4, -0.2) is 53.4 Å². The van der Waals surface area contributed by atoms with E-state index in [0.29, 0.717) is 24.3 Å². The summed E-state index contributed by atoms with van der Waals surface area (Å²) in [6, 6.07) is 16.6. The summed E-state index contributed by atoms with van der Waals surface area (Å²) in [5.41, 5.74) is 2.46. The number of hydrogen-bond acceptors (Lipinski definition) is 8. The van der Waals surface area contributed by atoms with E-state index in [1.165, 1.54) is 4.90 Å². The second-order valence-corrected chi connectivity index (χ2v) is 9.33. The zero-order valence-electron chi connectivity index (χ0n) is 28.1. The molecule has 1 amide bonds. The molecule has 0 fully saturated rings. The fraction of sp³-hybridized carbons (Fsp3) is 0.190. The number of terminal acetylenes is 1. The number of aliphatic hydroxyl groups excluding tert-OH is 1. The van der Waals surface area contributed by atoms with Gasteiger partial charge in [0.15, 0.2) is 12.7 Å². The molecule has 2 aromatic carbocycles. The first kappa shape index (κ1) is 39.7. The van der Waals surface area contributed by atoms with Gasteiger partial charge in [0.25, 0.3) is 11.8 Å². The van der Waals surface area contributed by atoms with E-state index in [9.17, 15) is 9.90 Å². The third-order valence-corrected chi connectivity index (χ3v) is 6.12. The Hall–Kier alpha value is -7.52. The third kappa shape index (κ3) is 17.3. The summed E-state index contributed by atoms with van der Waals surface area (Å²) >= 11 is 0. The van der Waals surface area contributed by atoms with Gasteiger partial charge in [-0.1, -0.05) is 38.1 Å². The van der Waals surface area contributed by atoms with Crippen molar-refractivity contribution in [1.82, 2.24) is 9.80 Å². The minimum absolute atomic E-state index is 0.0328. The van der Waals surface area contributed by atoms with Crippen LogP contribution in [0.4, 0.5) is 5.69 Å². The number of benzene rings is 2. The van der Waals surface area contributed by atoms with Crippen molar-refractivity contribution in [2.75, 3.05) is 26.2 Å². The van der Waals surface area contributed by atoms with Gasteiger partial charge in [-0.05, 0) is 95.8 Å². The Morgan fingerprint density at radius 1 is 0.784 bits per heavy atom. The Morgan fingerprint density at radius 3 is 1.82 bits per heavy atom. The molecule has 0 unspecified atom stereocenters. The number of nitrogens with zero attached hydrogens (tertiary/aromatic N) is 4. The maximum Gasteiger partial charge on any atom is 0.269 e. The van der Waals surface area contributed by atoms with Crippen molar-refractivity contribution in [1.29, 1.82) is 5.41 Å². The zero-order valence-corrected chi connectivity index (χ0v) is 28.1. The largest absolute Gasteiger partial charge is 0.470 e. The Balaban J connectivity index is 2.09. The molecule has 0 aliphatic rings. The summed E-state index contributed by atoms with van der Waals surface area (Å²) < 4.78 is 10.6. The Kier molecular flexibility index (Phi) is 19.9. The van der Waals surface area contributed by atoms with Crippen LogP contribution >= 0.6 is 0 Å². The third-order valence-electron chi connectivity index (χ3n) is 6.12. The number of ether oxygens (including phenoxy) is 2. The zero-order chi connectivity index (χ0) is 36.8. The normalized spacial score (nSPS) is 9.04. The first-order valence-corrected chi connectivity index (χ1v) is 15.2. The summed E-state index contributed by atoms with van der Waals surface area (Å²) in [6.45, 7) is 6.80. The smallest absolute Gasteiger partial charge is 0.269 e. The van der Waals surface area contributed by atoms with E-state index in [1.807, 2.05) is 0 Å². The van der Waals surface area contributed by atoms with Gasteiger partial charge >= 0.3 is 0 Å².